The molecule has 152 valence electrons. The monoisotopic (exact) mass is 419 g/mol. The smallest absolute Gasteiger partial charge is 0.300 e. The van der Waals surface area contributed by atoms with Gasteiger partial charge in [-0.15, -0.1) is 0 Å². The molecule has 2 aromatic heterocycles. The number of hydrogen-bond acceptors (Lipinski definition) is 6. The summed E-state index contributed by atoms with van der Waals surface area (Å²) in [7, 11) is 0. The Kier molecular flexibility index (Phi) is 5.99. The predicted octanol–water partition coefficient (Wildman–Crippen LogP) is 3.29. The molecule has 0 atom stereocenters. The Bertz CT molecular complexity index is 1330. The van der Waals surface area contributed by atoms with Gasteiger partial charge in [-0.3, -0.25) is 9.59 Å². The quantitative estimate of drug-likeness (QED) is 0.430. The molecule has 0 saturated heterocycles. The number of rotatable bonds is 7. The van der Waals surface area contributed by atoms with Crippen molar-refractivity contribution in [2.24, 2.45) is 0 Å². The summed E-state index contributed by atoms with van der Waals surface area (Å²) in [4.78, 5) is 29.7. The number of benzene rings is 2. The molecular formula is C23H21N3O3S. The standard InChI is InChI=1S/C23H21N3O3S/c1-2-3-9-14-29-18-13-8-7-12-17(18)15-19-22(28)26-23(30-19)24-21(27)20(25-26)16-10-5-4-6-11-16/h4-8,10-13,15H,2-3,9,14H2,1H3. The van der Waals surface area contributed by atoms with Gasteiger partial charge in [0.1, 0.15) is 5.75 Å². The van der Waals surface area contributed by atoms with Crippen LogP contribution in [0.15, 0.2) is 64.2 Å². The fraction of sp³-hybridized carbons (Fsp3) is 0.217. The minimum Gasteiger partial charge on any atom is -0.493 e. The lowest BCUT2D eigenvalue weighted by Gasteiger charge is -2.08. The van der Waals surface area contributed by atoms with Crippen molar-refractivity contribution in [3.05, 3.63) is 85.4 Å². The van der Waals surface area contributed by atoms with Gasteiger partial charge in [-0.2, -0.15) is 14.6 Å². The zero-order chi connectivity index (χ0) is 20.9. The molecule has 7 heteroatoms. The van der Waals surface area contributed by atoms with E-state index in [9.17, 15) is 9.59 Å². The van der Waals surface area contributed by atoms with Gasteiger partial charge in [0.05, 0.1) is 11.1 Å². The third-order valence-corrected chi connectivity index (χ3v) is 5.60. The third-order valence-electron chi connectivity index (χ3n) is 4.64. The number of fused-ring (bicyclic) bond motifs is 1. The Labute approximate surface area is 177 Å². The van der Waals surface area contributed by atoms with Crippen LogP contribution in [0.4, 0.5) is 0 Å². The Balaban J connectivity index is 1.76. The van der Waals surface area contributed by atoms with Gasteiger partial charge < -0.3 is 4.74 Å². The molecule has 6 nitrogen and oxygen atoms in total. The fourth-order valence-electron chi connectivity index (χ4n) is 3.09. The first-order valence-corrected chi connectivity index (χ1v) is 10.7. The first-order chi connectivity index (χ1) is 14.7. The van der Waals surface area contributed by atoms with Crippen LogP contribution < -0.4 is 20.4 Å². The summed E-state index contributed by atoms with van der Waals surface area (Å²) in [6.45, 7) is 2.78. The number of unbranched alkanes of at least 4 members (excludes halogenated alkanes) is 2. The summed E-state index contributed by atoms with van der Waals surface area (Å²) >= 11 is 1.14. The second-order valence-corrected chi connectivity index (χ2v) is 7.84. The molecule has 2 aromatic carbocycles. The molecule has 0 fully saturated rings. The van der Waals surface area contributed by atoms with E-state index in [1.165, 1.54) is 4.52 Å². The molecule has 0 N–H and O–H groups in total. The highest BCUT2D eigenvalue weighted by molar-refractivity contribution is 7.15. The van der Waals surface area contributed by atoms with Crippen molar-refractivity contribution >= 4 is 22.4 Å². The largest absolute Gasteiger partial charge is 0.493 e. The van der Waals surface area contributed by atoms with Crippen LogP contribution in [0.5, 0.6) is 5.75 Å². The molecule has 0 spiro atoms. The van der Waals surface area contributed by atoms with Crippen molar-refractivity contribution in [1.29, 1.82) is 0 Å². The van der Waals surface area contributed by atoms with Gasteiger partial charge >= 0.3 is 5.56 Å². The average Bonchev–Trinajstić information content (AvgIpc) is 3.06. The number of para-hydroxylation sites is 1. The fourth-order valence-corrected chi connectivity index (χ4v) is 3.99. The zero-order valence-electron chi connectivity index (χ0n) is 16.6. The third kappa shape index (κ3) is 4.16. The summed E-state index contributed by atoms with van der Waals surface area (Å²) < 4.78 is 7.55. The molecule has 0 bridgehead atoms. The lowest BCUT2D eigenvalue weighted by molar-refractivity contribution is 0.305. The molecule has 0 unspecified atom stereocenters. The Morgan fingerprint density at radius 3 is 2.60 bits per heavy atom. The van der Waals surface area contributed by atoms with E-state index in [0.29, 0.717) is 16.7 Å². The molecule has 0 radical (unpaired) electrons. The van der Waals surface area contributed by atoms with E-state index in [1.807, 2.05) is 42.5 Å². The molecule has 0 saturated carbocycles. The average molecular weight is 420 g/mol. The van der Waals surface area contributed by atoms with Crippen LogP contribution in [0.2, 0.25) is 0 Å². The van der Waals surface area contributed by atoms with Crippen LogP contribution >= 0.6 is 11.3 Å². The highest BCUT2D eigenvalue weighted by atomic mass is 32.1. The van der Waals surface area contributed by atoms with Gasteiger partial charge in [0, 0.05) is 11.1 Å². The van der Waals surface area contributed by atoms with E-state index < -0.39 is 5.56 Å². The van der Waals surface area contributed by atoms with Gasteiger partial charge in [0.15, 0.2) is 5.69 Å². The lowest BCUT2D eigenvalue weighted by atomic mass is 10.2. The first-order valence-electron chi connectivity index (χ1n) is 9.90. The lowest BCUT2D eigenvalue weighted by Crippen LogP contribution is -2.26. The number of hydrogen-bond donors (Lipinski definition) is 0. The van der Waals surface area contributed by atoms with Crippen molar-refractivity contribution in [3.63, 3.8) is 0 Å². The van der Waals surface area contributed by atoms with Crippen LogP contribution in [-0.2, 0) is 0 Å². The van der Waals surface area contributed by atoms with Gasteiger partial charge in [0.2, 0.25) is 4.96 Å². The molecule has 4 rings (SSSR count). The van der Waals surface area contributed by atoms with E-state index in [1.54, 1.807) is 18.2 Å². The molecule has 2 heterocycles. The van der Waals surface area contributed by atoms with Gasteiger partial charge in [0.25, 0.3) is 5.56 Å². The molecule has 30 heavy (non-hydrogen) atoms. The van der Waals surface area contributed by atoms with Crippen LogP contribution in [0.1, 0.15) is 31.7 Å². The van der Waals surface area contributed by atoms with Gasteiger partial charge in [-0.05, 0) is 18.6 Å². The van der Waals surface area contributed by atoms with Crippen LogP contribution in [0, 0.1) is 0 Å². The highest BCUT2D eigenvalue weighted by Crippen LogP contribution is 2.19. The molecule has 4 aromatic rings. The Hall–Kier alpha value is -3.32. The maximum Gasteiger partial charge on any atom is 0.300 e. The van der Waals surface area contributed by atoms with Crippen LogP contribution in [-0.4, -0.2) is 21.2 Å². The highest BCUT2D eigenvalue weighted by Gasteiger charge is 2.13. The van der Waals surface area contributed by atoms with Crippen LogP contribution in [0.3, 0.4) is 0 Å². The Morgan fingerprint density at radius 1 is 1.03 bits per heavy atom. The number of ether oxygens (including phenoxy) is 1. The van der Waals surface area contributed by atoms with Crippen molar-refractivity contribution in [2.45, 2.75) is 26.2 Å². The van der Waals surface area contributed by atoms with Crippen molar-refractivity contribution in [1.82, 2.24) is 14.6 Å². The summed E-state index contributed by atoms with van der Waals surface area (Å²) in [5.41, 5.74) is 0.846. The summed E-state index contributed by atoms with van der Waals surface area (Å²) in [5.74, 6) is 0.728. The Morgan fingerprint density at radius 2 is 1.80 bits per heavy atom. The van der Waals surface area contributed by atoms with E-state index in [0.717, 1.165) is 41.9 Å². The summed E-state index contributed by atoms with van der Waals surface area (Å²) in [6, 6.07) is 16.6. The summed E-state index contributed by atoms with van der Waals surface area (Å²) in [5, 5.41) is 4.29. The molecule has 0 aliphatic rings. The predicted molar refractivity (Wildman–Crippen MR) is 119 cm³/mol. The van der Waals surface area contributed by atoms with Crippen molar-refractivity contribution in [2.75, 3.05) is 6.61 Å². The second kappa shape index (κ2) is 9.00. The van der Waals surface area contributed by atoms with Gasteiger partial charge in [-0.1, -0.05) is 79.6 Å². The van der Waals surface area contributed by atoms with Crippen molar-refractivity contribution < 1.29 is 4.74 Å². The maximum absolute atomic E-state index is 12.9. The van der Waals surface area contributed by atoms with Gasteiger partial charge in [-0.25, -0.2) is 0 Å². The maximum atomic E-state index is 12.9. The number of thiazole rings is 1. The normalized spacial score (nSPS) is 11.8. The SMILES string of the molecule is CCCCCOc1ccccc1C=c1sc2nc(=O)c(-c3ccccc3)nn2c1=O. The summed E-state index contributed by atoms with van der Waals surface area (Å²) in [6.07, 6.45) is 4.99. The number of aromatic nitrogens is 3. The molecule has 0 aliphatic carbocycles. The van der Waals surface area contributed by atoms with E-state index in [2.05, 4.69) is 17.0 Å². The minimum atomic E-state index is -0.450. The van der Waals surface area contributed by atoms with E-state index >= 15 is 0 Å². The molecular weight excluding hydrogens is 398 g/mol. The van der Waals surface area contributed by atoms with E-state index in [4.69, 9.17) is 4.74 Å². The van der Waals surface area contributed by atoms with E-state index in [-0.39, 0.29) is 16.2 Å². The second-order valence-electron chi connectivity index (χ2n) is 6.84. The number of nitrogens with zero attached hydrogens (tertiary/aromatic N) is 3. The van der Waals surface area contributed by atoms with Crippen LogP contribution in [0.25, 0.3) is 22.3 Å². The topological polar surface area (TPSA) is 73.6 Å². The van der Waals surface area contributed by atoms with Crippen molar-refractivity contribution in [3.8, 4) is 17.0 Å². The zero-order valence-corrected chi connectivity index (χ0v) is 17.4. The minimum absolute atomic E-state index is 0.161. The molecule has 0 aliphatic heterocycles. The molecule has 0 amide bonds. The first kappa shape index (κ1) is 20.0.